The first-order chi connectivity index (χ1) is 17.2. The molecule has 4 aliphatic rings. The van der Waals surface area contributed by atoms with Gasteiger partial charge in [-0.3, -0.25) is 9.59 Å². The quantitative estimate of drug-likeness (QED) is 0.207. The Morgan fingerprint density at radius 2 is 1.76 bits per heavy atom. The SMILES string of the molecule is C=C(C)[C@H]1CC[C@@H]2[C@]3(CC[C@]4(C)[C@H](C(C)CCC(=O)C(C)(C)OCC)CC[C@@]24C)C[C@]13CCC(=O)OC. The fourth-order valence-electron chi connectivity index (χ4n) is 10.7. The van der Waals surface area contributed by atoms with Crippen molar-refractivity contribution in [3.05, 3.63) is 12.2 Å². The number of carbonyl (C=O) groups excluding carboxylic acids is 2. The second-order valence-electron chi connectivity index (χ2n) is 14.5. The van der Waals surface area contributed by atoms with Crippen LogP contribution in [0.1, 0.15) is 119 Å². The van der Waals surface area contributed by atoms with E-state index in [1.807, 2.05) is 20.8 Å². The number of rotatable bonds is 11. The van der Waals surface area contributed by atoms with E-state index in [0.717, 1.165) is 18.8 Å². The molecular formula is C33H54O4. The maximum atomic E-state index is 12.9. The lowest BCUT2D eigenvalue weighted by atomic mass is 9.43. The van der Waals surface area contributed by atoms with Crippen molar-refractivity contribution in [3.8, 4) is 0 Å². The van der Waals surface area contributed by atoms with Gasteiger partial charge < -0.3 is 9.47 Å². The fourth-order valence-corrected chi connectivity index (χ4v) is 10.7. The monoisotopic (exact) mass is 514 g/mol. The van der Waals surface area contributed by atoms with Gasteiger partial charge in [-0.2, -0.15) is 0 Å². The molecule has 0 heterocycles. The Hall–Kier alpha value is -1.16. The standard InChI is InChI=1S/C33H54O4/c1-10-37-29(5,6)27(34)14-11-23(4)25-15-17-31(8)26-13-12-24(22(2)3)32(18-16-28(35)36-9)21-33(26,32)20-19-30(25,31)7/h23-26H,2,10-21H2,1,3-9H3/t23?,24-,25+,26+,30-,31+,32-,33+/m1/s1. The summed E-state index contributed by atoms with van der Waals surface area (Å²) in [6.07, 6.45) is 12.0. The number of carbonyl (C=O) groups is 2. The highest BCUT2D eigenvalue weighted by atomic mass is 16.5. The van der Waals surface area contributed by atoms with Gasteiger partial charge in [-0.25, -0.2) is 0 Å². The van der Waals surface area contributed by atoms with Crippen molar-refractivity contribution in [1.29, 1.82) is 0 Å². The second-order valence-corrected chi connectivity index (χ2v) is 14.5. The third-order valence-electron chi connectivity index (χ3n) is 12.8. The predicted octanol–water partition coefficient (Wildman–Crippen LogP) is 7.94. The van der Waals surface area contributed by atoms with Crippen molar-refractivity contribution >= 4 is 11.8 Å². The maximum Gasteiger partial charge on any atom is 0.305 e. The lowest BCUT2D eigenvalue weighted by Gasteiger charge is -2.61. The Morgan fingerprint density at radius 1 is 1.05 bits per heavy atom. The second kappa shape index (κ2) is 9.79. The average molecular weight is 515 g/mol. The minimum absolute atomic E-state index is 0.0670. The molecule has 0 aliphatic heterocycles. The Bertz CT molecular complexity index is 921. The number of hydrogen-bond donors (Lipinski definition) is 0. The maximum absolute atomic E-state index is 12.9. The Kier molecular flexibility index (Phi) is 7.63. The largest absolute Gasteiger partial charge is 0.469 e. The first-order valence-corrected chi connectivity index (χ1v) is 15.1. The molecule has 4 saturated carbocycles. The Labute approximate surface area is 226 Å². The summed E-state index contributed by atoms with van der Waals surface area (Å²) in [5, 5.41) is 0. The van der Waals surface area contributed by atoms with Crippen molar-refractivity contribution in [3.63, 3.8) is 0 Å². The van der Waals surface area contributed by atoms with Gasteiger partial charge in [0.2, 0.25) is 0 Å². The molecule has 0 N–H and O–H groups in total. The lowest BCUT2D eigenvalue weighted by molar-refractivity contribution is -0.142. The number of esters is 1. The van der Waals surface area contributed by atoms with Crippen molar-refractivity contribution in [2.45, 2.75) is 125 Å². The third-order valence-corrected chi connectivity index (χ3v) is 12.8. The van der Waals surface area contributed by atoms with Gasteiger partial charge in [0.1, 0.15) is 5.60 Å². The van der Waals surface area contributed by atoms with Gasteiger partial charge in [-0.1, -0.05) is 32.9 Å². The van der Waals surface area contributed by atoms with Gasteiger partial charge in [0.05, 0.1) is 7.11 Å². The van der Waals surface area contributed by atoms with Gasteiger partial charge in [0.25, 0.3) is 0 Å². The highest BCUT2D eigenvalue weighted by Crippen LogP contribution is 2.87. The predicted molar refractivity (Wildman–Crippen MR) is 149 cm³/mol. The van der Waals surface area contributed by atoms with Crippen LogP contribution in [0.25, 0.3) is 0 Å². The summed E-state index contributed by atoms with van der Waals surface area (Å²) in [7, 11) is 1.51. The Morgan fingerprint density at radius 3 is 2.38 bits per heavy atom. The normalized spacial score (nSPS) is 41.2. The summed E-state index contributed by atoms with van der Waals surface area (Å²) in [6, 6.07) is 0. The number of ketones is 1. The van der Waals surface area contributed by atoms with Gasteiger partial charge in [0, 0.05) is 19.4 Å². The van der Waals surface area contributed by atoms with Gasteiger partial charge in [0.15, 0.2) is 5.78 Å². The van der Waals surface area contributed by atoms with Gasteiger partial charge in [-0.15, -0.1) is 0 Å². The summed E-state index contributed by atoms with van der Waals surface area (Å²) in [5.74, 6) is 2.64. The molecule has 0 saturated heterocycles. The van der Waals surface area contributed by atoms with Gasteiger partial charge >= 0.3 is 5.97 Å². The zero-order valence-corrected chi connectivity index (χ0v) is 25.1. The lowest BCUT2D eigenvalue weighted by Crippen LogP contribution is -2.54. The van der Waals surface area contributed by atoms with E-state index in [9.17, 15) is 9.59 Å². The molecule has 0 aromatic heterocycles. The van der Waals surface area contributed by atoms with Crippen LogP contribution < -0.4 is 0 Å². The third kappa shape index (κ3) is 4.27. The molecule has 8 atom stereocenters. The number of hydrogen-bond acceptors (Lipinski definition) is 4. The molecule has 0 radical (unpaired) electrons. The summed E-state index contributed by atoms with van der Waals surface area (Å²) < 4.78 is 10.8. The molecule has 0 amide bonds. The average Bonchev–Trinajstić information content (AvgIpc) is 3.43. The van der Waals surface area contributed by atoms with Crippen LogP contribution in [-0.4, -0.2) is 31.1 Å². The summed E-state index contributed by atoms with van der Waals surface area (Å²) in [5.41, 5.74) is 1.88. The molecule has 0 bridgehead atoms. The van der Waals surface area contributed by atoms with E-state index < -0.39 is 5.60 Å². The molecule has 37 heavy (non-hydrogen) atoms. The van der Waals surface area contributed by atoms with Crippen molar-refractivity contribution in [2.24, 2.45) is 45.3 Å². The zero-order valence-electron chi connectivity index (χ0n) is 25.1. The van der Waals surface area contributed by atoms with E-state index in [-0.39, 0.29) is 17.2 Å². The summed E-state index contributed by atoms with van der Waals surface area (Å²) in [4.78, 5) is 25.1. The molecule has 1 unspecified atom stereocenters. The highest BCUT2D eigenvalue weighted by Gasteiger charge is 2.80. The smallest absolute Gasteiger partial charge is 0.305 e. The van der Waals surface area contributed by atoms with Crippen molar-refractivity contribution < 1.29 is 19.1 Å². The number of allylic oxidation sites excluding steroid dienone is 1. The van der Waals surface area contributed by atoms with E-state index in [2.05, 4.69) is 34.3 Å². The van der Waals surface area contributed by atoms with Crippen LogP contribution in [0.5, 0.6) is 0 Å². The molecule has 1 spiro atoms. The van der Waals surface area contributed by atoms with Crippen LogP contribution in [0, 0.1) is 45.3 Å². The van der Waals surface area contributed by atoms with Gasteiger partial charge in [-0.05, 0) is 131 Å². The van der Waals surface area contributed by atoms with E-state index in [4.69, 9.17) is 9.47 Å². The number of ether oxygens (including phenoxy) is 2. The molecular weight excluding hydrogens is 460 g/mol. The Balaban J connectivity index is 1.53. The first-order valence-electron chi connectivity index (χ1n) is 15.1. The molecule has 4 heteroatoms. The topological polar surface area (TPSA) is 52.6 Å². The molecule has 4 nitrogen and oxygen atoms in total. The first kappa shape index (κ1) is 28.8. The number of fused-ring (bicyclic) bond motifs is 2. The summed E-state index contributed by atoms with van der Waals surface area (Å²) in [6.45, 7) is 20.6. The molecule has 210 valence electrons. The van der Waals surface area contributed by atoms with E-state index in [0.29, 0.717) is 53.4 Å². The van der Waals surface area contributed by atoms with Crippen LogP contribution in [0.3, 0.4) is 0 Å². The van der Waals surface area contributed by atoms with Crippen LogP contribution in [0.4, 0.5) is 0 Å². The van der Waals surface area contributed by atoms with E-state index in [1.54, 1.807) is 0 Å². The minimum atomic E-state index is -0.679. The van der Waals surface area contributed by atoms with Crippen molar-refractivity contribution in [1.82, 2.24) is 0 Å². The molecule has 4 fully saturated rings. The van der Waals surface area contributed by atoms with Crippen LogP contribution >= 0.6 is 0 Å². The molecule has 4 rings (SSSR count). The summed E-state index contributed by atoms with van der Waals surface area (Å²) >= 11 is 0. The number of Topliss-reactive ketones (excluding diaryl/α,β-unsaturated/α-hetero) is 1. The van der Waals surface area contributed by atoms with E-state index in [1.165, 1.54) is 57.6 Å². The molecule has 0 aromatic carbocycles. The van der Waals surface area contributed by atoms with Crippen LogP contribution in [-0.2, 0) is 19.1 Å². The minimum Gasteiger partial charge on any atom is -0.469 e. The fraction of sp³-hybridized carbons (Fsp3) is 0.879. The van der Waals surface area contributed by atoms with Crippen molar-refractivity contribution in [2.75, 3.05) is 13.7 Å². The highest BCUT2D eigenvalue weighted by molar-refractivity contribution is 5.86. The van der Waals surface area contributed by atoms with E-state index >= 15 is 0 Å². The van der Waals surface area contributed by atoms with Crippen LogP contribution in [0.15, 0.2) is 12.2 Å². The molecule has 0 aromatic rings. The molecule has 4 aliphatic carbocycles. The van der Waals surface area contributed by atoms with Crippen LogP contribution in [0.2, 0.25) is 0 Å². The number of methoxy groups -OCH3 is 1. The zero-order chi connectivity index (χ0) is 27.4.